The standard InChI is InChI=1S/C20H21BrFN3O2/c21-17-12-16(13-23-18(17)25-7-9-27-10-8-25)24-19(26)20(5-2-6-20)14-3-1-4-15(22)11-14/h1,3-4,11-13H,2,5-10H2,(H,24,26). The molecule has 0 atom stereocenters. The van der Waals surface area contributed by atoms with E-state index in [0.29, 0.717) is 18.9 Å². The van der Waals surface area contributed by atoms with E-state index < -0.39 is 5.41 Å². The number of rotatable bonds is 4. The van der Waals surface area contributed by atoms with Gasteiger partial charge in [0.25, 0.3) is 0 Å². The molecule has 2 aromatic rings. The van der Waals surface area contributed by atoms with E-state index in [1.54, 1.807) is 12.3 Å². The Balaban J connectivity index is 1.53. The minimum atomic E-state index is -0.655. The van der Waals surface area contributed by atoms with Gasteiger partial charge >= 0.3 is 0 Å². The first kappa shape index (κ1) is 18.4. The van der Waals surface area contributed by atoms with Crippen LogP contribution in [0.2, 0.25) is 0 Å². The van der Waals surface area contributed by atoms with Crippen LogP contribution in [0.15, 0.2) is 41.0 Å². The highest BCUT2D eigenvalue weighted by Gasteiger charge is 2.45. The summed E-state index contributed by atoms with van der Waals surface area (Å²) in [4.78, 5) is 19.7. The first-order chi connectivity index (χ1) is 13.1. The summed E-state index contributed by atoms with van der Waals surface area (Å²) in [6.45, 7) is 2.95. The third-order valence-corrected chi connectivity index (χ3v) is 5.99. The molecule has 1 saturated carbocycles. The molecule has 27 heavy (non-hydrogen) atoms. The monoisotopic (exact) mass is 433 g/mol. The smallest absolute Gasteiger partial charge is 0.235 e. The Labute approximate surface area is 166 Å². The highest BCUT2D eigenvalue weighted by molar-refractivity contribution is 9.10. The molecule has 1 aromatic carbocycles. The topological polar surface area (TPSA) is 54.5 Å². The van der Waals surface area contributed by atoms with Crippen LogP contribution in [0, 0.1) is 5.82 Å². The van der Waals surface area contributed by atoms with Crippen molar-refractivity contribution in [3.63, 3.8) is 0 Å². The molecule has 0 spiro atoms. The van der Waals surface area contributed by atoms with Gasteiger partial charge in [0, 0.05) is 13.1 Å². The van der Waals surface area contributed by atoms with Gasteiger partial charge in [-0.15, -0.1) is 0 Å². The quantitative estimate of drug-likeness (QED) is 0.794. The van der Waals surface area contributed by atoms with Gasteiger partial charge in [0.2, 0.25) is 5.91 Å². The van der Waals surface area contributed by atoms with Crippen LogP contribution in [0.25, 0.3) is 0 Å². The van der Waals surface area contributed by atoms with Crippen LogP contribution in [-0.4, -0.2) is 37.2 Å². The Kier molecular flexibility index (Phi) is 5.14. The van der Waals surface area contributed by atoms with Crippen molar-refractivity contribution in [1.29, 1.82) is 0 Å². The van der Waals surface area contributed by atoms with Crippen LogP contribution in [0.4, 0.5) is 15.9 Å². The number of halogens is 2. The largest absolute Gasteiger partial charge is 0.378 e. The fourth-order valence-corrected chi connectivity index (χ4v) is 4.32. The predicted octanol–water partition coefficient (Wildman–Crippen LogP) is 3.88. The number of nitrogens with zero attached hydrogens (tertiary/aromatic N) is 2. The van der Waals surface area contributed by atoms with E-state index in [2.05, 4.69) is 31.1 Å². The van der Waals surface area contributed by atoms with E-state index >= 15 is 0 Å². The van der Waals surface area contributed by atoms with E-state index in [9.17, 15) is 9.18 Å². The minimum absolute atomic E-state index is 0.104. The lowest BCUT2D eigenvalue weighted by atomic mass is 9.63. The fourth-order valence-electron chi connectivity index (χ4n) is 3.72. The zero-order valence-corrected chi connectivity index (χ0v) is 16.5. The number of hydrogen-bond acceptors (Lipinski definition) is 4. The van der Waals surface area contributed by atoms with E-state index in [0.717, 1.165) is 48.2 Å². The predicted molar refractivity (Wildman–Crippen MR) is 106 cm³/mol. The van der Waals surface area contributed by atoms with Crippen molar-refractivity contribution in [3.8, 4) is 0 Å². The molecule has 2 heterocycles. The van der Waals surface area contributed by atoms with E-state index in [1.165, 1.54) is 12.1 Å². The van der Waals surface area contributed by atoms with Crippen LogP contribution in [0.1, 0.15) is 24.8 Å². The molecule has 0 radical (unpaired) electrons. The second kappa shape index (κ2) is 7.56. The summed E-state index contributed by atoms with van der Waals surface area (Å²) in [5.41, 5.74) is 0.715. The molecule has 7 heteroatoms. The van der Waals surface area contributed by atoms with Crippen molar-refractivity contribution in [2.24, 2.45) is 0 Å². The van der Waals surface area contributed by atoms with Crippen LogP contribution in [-0.2, 0) is 14.9 Å². The van der Waals surface area contributed by atoms with Crippen LogP contribution >= 0.6 is 15.9 Å². The molecule has 1 aromatic heterocycles. The maximum absolute atomic E-state index is 13.7. The lowest BCUT2D eigenvalue weighted by Crippen LogP contribution is -2.46. The van der Waals surface area contributed by atoms with Crippen molar-refractivity contribution >= 4 is 33.3 Å². The second-order valence-corrected chi connectivity index (χ2v) is 7.88. The molecule has 1 aliphatic carbocycles. The van der Waals surface area contributed by atoms with Crippen molar-refractivity contribution in [3.05, 3.63) is 52.4 Å². The molecule has 0 bridgehead atoms. The maximum Gasteiger partial charge on any atom is 0.235 e. The van der Waals surface area contributed by atoms with Crippen molar-refractivity contribution in [1.82, 2.24) is 4.98 Å². The molecular weight excluding hydrogens is 413 g/mol. The van der Waals surface area contributed by atoms with Crippen molar-refractivity contribution < 1.29 is 13.9 Å². The highest BCUT2D eigenvalue weighted by atomic mass is 79.9. The number of hydrogen-bond donors (Lipinski definition) is 1. The number of carbonyl (C=O) groups excluding carboxylic acids is 1. The molecular formula is C20H21BrFN3O2. The van der Waals surface area contributed by atoms with Gasteiger partial charge in [-0.3, -0.25) is 4.79 Å². The van der Waals surface area contributed by atoms with Crippen LogP contribution in [0.3, 0.4) is 0 Å². The van der Waals surface area contributed by atoms with Crippen LogP contribution < -0.4 is 10.2 Å². The zero-order valence-electron chi connectivity index (χ0n) is 14.9. The molecule has 4 rings (SSSR count). The molecule has 142 valence electrons. The lowest BCUT2D eigenvalue weighted by molar-refractivity contribution is -0.124. The number of amides is 1. The summed E-state index contributed by atoms with van der Waals surface area (Å²) < 4.78 is 19.9. The molecule has 5 nitrogen and oxygen atoms in total. The normalized spacial score (nSPS) is 18.7. The molecule has 1 aliphatic heterocycles. The summed E-state index contributed by atoms with van der Waals surface area (Å²) in [6, 6.07) is 8.23. The van der Waals surface area contributed by atoms with Crippen LogP contribution in [0.5, 0.6) is 0 Å². The minimum Gasteiger partial charge on any atom is -0.378 e. The van der Waals surface area contributed by atoms with Gasteiger partial charge in [-0.1, -0.05) is 18.6 Å². The first-order valence-electron chi connectivity index (χ1n) is 9.14. The number of carbonyl (C=O) groups is 1. The lowest BCUT2D eigenvalue weighted by Gasteiger charge is -2.40. The Bertz CT molecular complexity index is 851. The Morgan fingerprint density at radius 2 is 2.04 bits per heavy atom. The Morgan fingerprint density at radius 3 is 2.67 bits per heavy atom. The number of ether oxygens (including phenoxy) is 1. The van der Waals surface area contributed by atoms with Crippen molar-refractivity contribution in [2.75, 3.05) is 36.5 Å². The SMILES string of the molecule is O=C(Nc1cnc(N2CCOCC2)c(Br)c1)C1(c2cccc(F)c2)CCC1. The van der Waals surface area contributed by atoms with Gasteiger partial charge in [-0.05, 0) is 52.5 Å². The molecule has 2 aliphatic rings. The number of nitrogens with one attached hydrogen (secondary N) is 1. The number of morpholine rings is 1. The summed E-state index contributed by atoms with van der Waals surface area (Å²) in [5, 5.41) is 2.98. The summed E-state index contributed by atoms with van der Waals surface area (Å²) in [6.07, 6.45) is 4.08. The molecule has 2 fully saturated rings. The van der Waals surface area contributed by atoms with Gasteiger partial charge in [0.15, 0.2) is 0 Å². The Morgan fingerprint density at radius 1 is 1.26 bits per heavy atom. The number of aromatic nitrogens is 1. The highest BCUT2D eigenvalue weighted by Crippen LogP contribution is 2.45. The molecule has 1 saturated heterocycles. The third kappa shape index (κ3) is 3.58. The van der Waals surface area contributed by atoms with Gasteiger partial charge in [-0.2, -0.15) is 0 Å². The average Bonchev–Trinajstić information content (AvgIpc) is 2.62. The Hall–Kier alpha value is -1.99. The molecule has 0 unspecified atom stereocenters. The summed E-state index contributed by atoms with van der Waals surface area (Å²) >= 11 is 3.56. The molecule has 1 N–H and O–H groups in total. The van der Waals surface area contributed by atoms with Gasteiger partial charge in [0.1, 0.15) is 11.6 Å². The van der Waals surface area contributed by atoms with Crippen molar-refractivity contribution in [2.45, 2.75) is 24.7 Å². The number of anilines is 2. The first-order valence-corrected chi connectivity index (χ1v) is 9.93. The number of benzene rings is 1. The third-order valence-electron chi connectivity index (χ3n) is 5.41. The second-order valence-electron chi connectivity index (χ2n) is 7.03. The summed E-state index contributed by atoms with van der Waals surface area (Å²) in [5.74, 6) is 0.429. The van der Waals surface area contributed by atoms with Gasteiger partial charge in [-0.25, -0.2) is 9.37 Å². The van der Waals surface area contributed by atoms with E-state index in [1.807, 2.05) is 12.1 Å². The average molecular weight is 434 g/mol. The molecule has 1 amide bonds. The zero-order chi connectivity index (χ0) is 18.9. The van der Waals surface area contributed by atoms with E-state index in [4.69, 9.17) is 4.74 Å². The van der Waals surface area contributed by atoms with E-state index in [-0.39, 0.29) is 11.7 Å². The fraction of sp³-hybridized carbons (Fsp3) is 0.400. The number of pyridine rings is 1. The maximum atomic E-state index is 13.7. The summed E-state index contributed by atoms with van der Waals surface area (Å²) in [7, 11) is 0. The van der Waals surface area contributed by atoms with Gasteiger partial charge in [0.05, 0.1) is 35.0 Å². The van der Waals surface area contributed by atoms with Gasteiger partial charge < -0.3 is 15.0 Å².